The lowest BCUT2D eigenvalue weighted by Gasteiger charge is -2.07. The topological polar surface area (TPSA) is 50.2 Å². The van der Waals surface area contributed by atoms with Gasteiger partial charge in [0.25, 0.3) is 0 Å². The van der Waals surface area contributed by atoms with Crippen LogP contribution in [-0.4, -0.2) is 16.1 Å². The second-order valence-electron chi connectivity index (χ2n) is 4.75. The largest absolute Gasteiger partial charge is 0.478 e. The van der Waals surface area contributed by atoms with Crippen LogP contribution in [0.2, 0.25) is 0 Å². The van der Waals surface area contributed by atoms with Gasteiger partial charge in [-0.25, -0.2) is 9.78 Å². The van der Waals surface area contributed by atoms with Gasteiger partial charge in [-0.2, -0.15) is 0 Å². The number of benzene rings is 2. The molecule has 0 aliphatic rings. The minimum Gasteiger partial charge on any atom is -0.478 e. The zero-order valence-electron chi connectivity index (χ0n) is 11.0. The third-order valence-corrected chi connectivity index (χ3v) is 3.26. The molecule has 20 heavy (non-hydrogen) atoms. The molecule has 1 N–H and O–H groups in total. The molecule has 0 saturated heterocycles. The van der Waals surface area contributed by atoms with Crippen molar-refractivity contribution in [2.24, 2.45) is 0 Å². The van der Waals surface area contributed by atoms with E-state index in [9.17, 15) is 9.90 Å². The Balaban J connectivity index is 2.30. The summed E-state index contributed by atoms with van der Waals surface area (Å²) < 4.78 is 0. The molecular formula is C17H13NO2. The van der Waals surface area contributed by atoms with Gasteiger partial charge >= 0.3 is 5.97 Å². The zero-order chi connectivity index (χ0) is 14.1. The molecule has 0 spiro atoms. The molecule has 98 valence electrons. The molecule has 0 bridgehead atoms. The Bertz CT molecular complexity index is 809. The van der Waals surface area contributed by atoms with Crippen LogP contribution >= 0.6 is 0 Å². The molecular weight excluding hydrogens is 250 g/mol. The number of aryl methyl sites for hydroxylation is 1. The number of nitrogens with zero attached hydrogens (tertiary/aromatic N) is 1. The molecule has 3 nitrogen and oxygen atoms in total. The van der Waals surface area contributed by atoms with Crippen LogP contribution < -0.4 is 0 Å². The minimum absolute atomic E-state index is 0.284. The number of rotatable bonds is 2. The van der Waals surface area contributed by atoms with Crippen LogP contribution in [0.5, 0.6) is 0 Å². The average molecular weight is 263 g/mol. The van der Waals surface area contributed by atoms with Crippen LogP contribution in [0, 0.1) is 6.92 Å². The van der Waals surface area contributed by atoms with E-state index in [4.69, 9.17) is 0 Å². The number of hydrogen-bond donors (Lipinski definition) is 1. The molecule has 0 radical (unpaired) electrons. The minimum atomic E-state index is -0.933. The zero-order valence-corrected chi connectivity index (χ0v) is 11.0. The monoisotopic (exact) mass is 263 g/mol. The lowest BCUT2D eigenvalue weighted by Crippen LogP contribution is -2.00. The summed E-state index contributed by atoms with van der Waals surface area (Å²) >= 11 is 0. The van der Waals surface area contributed by atoms with E-state index in [0.29, 0.717) is 16.6 Å². The van der Waals surface area contributed by atoms with E-state index in [1.54, 1.807) is 12.1 Å². The van der Waals surface area contributed by atoms with Crippen LogP contribution in [-0.2, 0) is 0 Å². The summed E-state index contributed by atoms with van der Waals surface area (Å²) in [4.78, 5) is 16.0. The molecule has 3 rings (SSSR count). The van der Waals surface area contributed by atoms with Gasteiger partial charge in [-0.05, 0) is 25.1 Å². The van der Waals surface area contributed by atoms with Crippen molar-refractivity contribution in [2.45, 2.75) is 6.92 Å². The van der Waals surface area contributed by atoms with Gasteiger partial charge in [0.15, 0.2) is 0 Å². The second kappa shape index (κ2) is 4.78. The molecule has 3 heteroatoms. The van der Waals surface area contributed by atoms with Crippen LogP contribution in [0.15, 0.2) is 54.6 Å². The summed E-state index contributed by atoms with van der Waals surface area (Å²) in [5.74, 6) is -0.933. The first-order valence-electron chi connectivity index (χ1n) is 6.35. The Kier molecular flexibility index (Phi) is 2.95. The smallest absolute Gasteiger partial charge is 0.336 e. The Morgan fingerprint density at radius 2 is 1.85 bits per heavy atom. The van der Waals surface area contributed by atoms with Crippen molar-refractivity contribution in [3.8, 4) is 11.3 Å². The van der Waals surface area contributed by atoms with Gasteiger partial charge < -0.3 is 5.11 Å². The van der Waals surface area contributed by atoms with Gasteiger partial charge in [0.1, 0.15) is 0 Å². The number of carboxylic acids is 1. The first-order valence-corrected chi connectivity index (χ1v) is 6.35. The van der Waals surface area contributed by atoms with Crippen LogP contribution in [0.3, 0.4) is 0 Å². The van der Waals surface area contributed by atoms with Crippen molar-refractivity contribution in [3.63, 3.8) is 0 Å². The normalized spacial score (nSPS) is 10.7. The number of fused-ring (bicyclic) bond motifs is 1. The average Bonchev–Trinajstić information content (AvgIpc) is 2.46. The SMILES string of the molecule is Cc1cccc(-c2cc(C(=O)O)c3ccccc3n2)c1. The number of aromatic carboxylic acids is 1. The standard InChI is InChI=1S/C17H13NO2/c1-11-5-4-6-12(9-11)16-10-14(17(19)20)13-7-2-3-8-15(13)18-16/h2-10H,1H3,(H,19,20). The maximum Gasteiger partial charge on any atom is 0.336 e. The Labute approximate surface area is 116 Å². The summed E-state index contributed by atoms with van der Waals surface area (Å²) in [6.45, 7) is 2.00. The number of hydrogen-bond acceptors (Lipinski definition) is 2. The molecule has 0 amide bonds. The Hall–Kier alpha value is -2.68. The fourth-order valence-electron chi connectivity index (χ4n) is 2.30. The maximum atomic E-state index is 11.4. The van der Waals surface area contributed by atoms with Crippen molar-refractivity contribution < 1.29 is 9.90 Å². The summed E-state index contributed by atoms with van der Waals surface area (Å²) in [6, 6.07) is 16.8. The summed E-state index contributed by atoms with van der Waals surface area (Å²) in [7, 11) is 0. The molecule has 0 aliphatic heterocycles. The number of para-hydroxylation sites is 1. The first-order chi connectivity index (χ1) is 9.65. The molecule has 3 aromatic rings. The molecule has 0 aliphatic carbocycles. The number of aromatic nitrogens is 1. The quantitative estimate of drug-likeness (QED) is 0.762. The molecule has 1 heterocycles. The molecule has 0 atom stereocenters. The molecule has 2 aromatic carbocycles. The molecule has 0 unspecified atom stereocenters. The predicted octanol–water partition coefficient (Wildman–Crippen LogP) is 3.91. The van der Waals surface area contributed by atoms with Gasteiger partial charge in [-0.1, -0.05) is 42.0 Å². The highest BCUT2D eigenvalue weighted by Crippen LogP contribution is 2.25. The molecule has 1 aromatic heterocycles. The number of carbonyl (C=O) groups is 1. The van der Waals surface area contributed by atoms with Gasteiger partial charge in [0.2, 0.25) is 0 Å². The van der Waals surface area contributed by atoms with Gasteiger partial charge in [-0.15, -0.1) is 0 Å². The lowest BCUT2D eigenvalue weighted by molar-refractivity contribution is 0.0699. The van der Waals surface area contributed by atoms with Gasteiger partial charge in [0.05, 0.1) is 16.8 Å². The van der Waals surface area contributed by atoms with Crippen LogP contribution in [0.1, 0.15) is 15.9 Å². The summed E-state index contributed by atoms with van der Waals surface area (Å²) in [6.07, 6.45) is 0. The highest BCUT2D eigenvalue weighted by atomic mass is 16.4. The second-order valence-corrected chi connectivity index (χ2v) is 4.75. The van der Waals surface area contributed by atoms with E-state index in [1.165, 1.54) is 0 Å². The fourth-order valence-corrected chi connectivity index (χ4v) is 2.30. The molecule has 0 fully saturated rings. The molecule has 0 saturated carbocycles. The Morgan fingerprint density at radius 1 is 1.05 bits per heavy atom. The third-order valence-electron chi connectivity index (χ3n) is 3.26. The van der Waals surface area contributed by atoms with Gasteiger partial charge in [-0.3, -0.25) is 0 Å². The highest BCUT2D eigenvalue weighted by Gasteiger charge is 2.12. The van der Waals surface area contributed by atoms with E-state index < -0.39 is 5.97 Å². The lowest BCUT2D eigenvalue weighted by atomic mass is 10.0. The summed E-state index contributed by atoms with van der Waals surface area (Å²) in [5.41, 5.74) is 3.72. The van der Waals surface area contributed by atoms with E-state index >= 15 is 0 Å². The van der Waals surface area contributed by atoms with Crippen molar-refractivity contribution >= 4 is 16.9 Å². The van der Waals surface area contributed by atoms with Crippen molar-refractivity contribution in [3.05, 3.63) is 65.7 Å². The first kappa shape index (κ1) is 12.4. The van der Waals surface area contributed by atoms with Crippen LogP contribution in [0.25, 0.3) is 22.2 Å². The predicted molar refractivity (Wildman–Crippen MR) is 78.9 cm³/mol. The summed E-state index contributed by atoms with van der Waals surface area (Å²) in [5, 5.41) is 10.0. The maximum absolute atomic E-state index is 11.4. The fraction of sp³-hybridized carbons (Fsp3) is 0.0588. The van der Waals surface area contributed by atoms with Crippen molar-refractivity contribution in [2.75, 3.05) is 0 Å². The number of pyridine rings is 1. The Morgan fingerprint density at radius 3 is 2.60 bits per heavy atom. The third kappa shape index (κ3) is 2.14. The van der Waals surface area contributed by atoms with Gasteiger partial charge in [0, 0.05) is 10.9 Å². The van der Waals surface area contributed by atoms with E-state index in [1.807, 2.05) is 49.4 Å². The van der Waals surface area contributed by atoms with E-state index in [-0.39, 0.29) is 5.56 Å². The highest BCUT2D eigenvalue weighted by molar-refractivity contribution is 6.03. The number of carboxylic acid groups (broad SMARTS) is 1. The van der Waals surface area contributed by atoms with Crippen molar-refractivity contribution in [1.29, 1.82) is 0 Å². The van der Waals surface area contributed by atoms with Crippen LogP contribution in [0.4, 0.5) is 0 Å². The van der Waals surface area contributed by atoms with E-state index in [0.717, 1.165) is 11.1 Å². The van der Waals surface area contributed by atoms with E-state index in [2.05, 4.69) is 4.98 Å². The van der Waals surface area contributed by atoms with Crippen molar-refractivity contribution in [1.82, 2.24) is 4.98 Å².